The lowest BCUT2D eigenvalue weighted by Gasteiger charge is -2.06. The summed E-state index contributed by atoms with van der Waals surface area (Å²) in [5.74, 6) is 0.890. The first kappa shape index (κ1) is 10.2. The summed E-state index contributed by atoms with van der Waals surface area (Å²) in [4.78, 5) is 14.9. The number of aromatic nitrogens is 1. The van der Waals surface area contributed by atoms with Crippen molar-refractivity contribution in [1.29, 1.82) is 5.41 Å². The van der Waals surface area contributed by atoms with Crippen molar-refractivity contribution < 1.29 is 4.79 Å². The van der Waals surface area contributed by atoms with Crippen LogP contribution >= 0.6 is 0 Å². The summed E-state index contributed by atoms with van der Waals surface area (Å²) >= 11 is 0. The Kier molecular flexibility index (Phi) is 3.17. The molecule has 1 aromatic heterocycles. The van der Waals surface area contributed by atoms with Gasteiger partial charge in [0.1, 0.15) is 11.6 Å². The number of anilines is 2. The van der Waals surface area contributed by atoms with Gasteiger partial charge in [0.25, 0.3) is 0 Å². The topological polar surface area (TPSA) is 77.9 Å². The Balaban J connectivity index is 3.01. The second kappa shape index (κ2) is 4.36. The predicted octanol–water partition coefficient (Wildman–Crippen LogP) is 1.08. The van der Waals surface area contributed by atoms with Gasteiger partial charge in [0.2, 0.25) is 5.91 Å². The molecule has 1 aromatic rings. The largest absolute Gasteiger partial charge is 0.373 e. The predicted molar refractivity (Wildman–Crippen MR) is 56.0 cm³/mol. The molecule has 1 rings (SSSR count). The maximum absolute atomic E-state index is 10.8. The van der Waals surface area contributed by atoms with Crippen LogP contribution < -0.4 is 10.6 Å². The summed E-state index contributed by atoms with van der Waals surface area (Å²) in [6, 6.07) is 3.37. The van der Waals surface area contributed by atoms with Crippen LogP contribution in [0.25, 0.3) is 0 Å². The Morgan fingerprint density at radius 2 is 2.29 bits per heavy atom. The van der Waals surface area contributed by atoms with Gasteiger partial charge < -0.3 is 16.0 Å². The minimum Gasteiger partial charge on any atom is -0.373 e. The number of nitrogens with one attached hydrogen (secondary N) is 3. The molecule has 0 radical (unpaired) electrons. The van der Waals surface area contributed by atoms with Crippen LogP contribution in [0.4, 0.5) is 11.6 Å². The van der Waals surface area contributed by atoms with Crippen LogP contribution in [0.1, 0.15) is 12.5 Å². The average Bonchev–Trinajstić information content (AvgIpc) is 2.16. The molecule has 74 valence electrons. The lowest BCUT2D eigenvalue weighted by molar-refractivity contribution is -0.114. The van der Waals surface area contributed by atoms with Crippen molar-refractivity contribution in [1.82, 2.24) is 4.98 Å². The van der Waals surface area contributed by atoms with Gasteiger partial charge in [-0.1, -0.05) is 0 Å². The summed E-state index contributed by atoms with van der Waals surface area (Å²) in [6.07, 6.45) is 1.20. The molecule has 1 heterocycles. The van der Waals surface area contributed by atoms with Crippen LogP contribution in [0.2, 0.25) is 0 Å². The molecule has 0 fully saturated rings. The Labute approximate surface area is 82.1 Å². The molecule has 0 saturated heterocycles. The van der Waals surface area contributed by atoms with E-state index >= 15 is 0 Å². The zero-order chi connectivity index (χ0) is 10.6. The summed E-state index contributed by atoms with van der Waals surface area (Å²) < 4.78 is 0. The molecule has 0 saturated carbocycles. The number of carbonyl (C=O) groups is 1. The quantitative estimate of drug-likeness (QED) is 0.627. The second-order valence-electron chi connectivity index (χ2n) is 2.71. The maximum atomic E-state index is 10.8. The lowest BCUT2D eigenvalue weighted by Crippen LogP contribution is -2.09. The van der Waals surface area contributed by atoms with Gasteiger partial charge in [0, 0.05) is 25.7 Å². The van der Waals surface area contributed by atoms with E-state index in [1.165, 1.54) is 13.1 Å². The number of carbonyl (C=O) groups excluding carboxylic acids is 1. The van der Waals surface area contributed by atoms with Crippen LogP contribution in [-0.4, -0.2) is 24.2 Å². The molecular weight excluding hydrogens is 180 g/mol. The first-order valence-corrected chi connectivity index (χ1v) is 4.14. The minimum absolute atomic E-state index is 0.165. The standard InChI is InChI=1S/C9H12N4O/c1-6(14)12-8-4-3-7(5-10)9(11-2)13-8/h3-5,10H,1-2H3,(H2,11,12,13,14). The molecule has 0 spiro atoms. The number of hydrogen-bond donors (Lipinski definition) is 3. The van der Waals surface area contributed by atoms with Crippen LogP contribution in [0, 0.1) is 5.41 Å². The third-order valence-electron chi connectivity index (χ3n) is 1.62. The Morgan fingerprint density at radius 3 is 2.79 bits per heavy atom. The fourth-order valence-electron chi connectivity index (χ4n) is 1.04. The Morgan fingerprint density at radius 1 is 1.57 bits per heavy atom. The van der Waals surface area contributed by atoms with Crippen molar-refractivity contribution in [3.63, 3.8) is 0 Å². The van der Waals surface area contributed by atoms with E-state index in [0.717, 1.165) is 0 Å². The van der Waals surface area contributed by atoms with Crippen LogP contribution in [0.3, 0.4) is 0 Å². The van der Waals surface area contributed by atoms with E-state index in [2.05, 4.69) is 15.6 Å². The van der Waals surface area contributed by atoms with Gasteiger partial charge >= 0.3 is 0 Å². The van der Waals surface area contributed by atoms with Crippen molar-refractivity contribution in [2.45, 2.75) is 6.92 Å². The van der Waals surface area contributed by atoms with E-state index in [-0.39, 0.29) is 5.91 Å². The molecule has 3 N–H and O–H groups in total. The normalized spacial score (nSPS) is 9.29. The highest BCUT2D eigenvalue weighted by Crippen LogP contribution is 2.13. The summed E-state index contributed by atoms with van der Waals surface area (Å²) in [7, 11) is 1.72. The molecule has 1 amide bonds. The van der Waals surface area contributed by atoms with Gasteiger partial charge in [-0.3, -0.25) is 4.79 Å². The highest BCUT2D eigenvalue weighted by atomic mass is 16.1. The first-order valence-electron chi connectivity index (χ1n) is 4.14. The monoisotopic (exact) mass is 192 g/mol. The minimum atomic E-state index is -0.165. The summed E-state index contributed by atoms with van der Waals surface area (Å²) in [6.45, 7) is 1.42. The van der Waals surface area contributed by atoms with E-state index in [1.54, 1.807) is 19.2 Å². The molecular formula is C9H12N4O. The zero-order valence-electron chi connectivity index (χ0n) is 8.09. The SMILES string of the molecule is CNc1nc(NC(C)=O)ccc1C=N. The van der Waals surface area contributed by atoms with Crippen molar-refractivity contribution in [3.8, 4) is 0 Å². The maximum Gasteiger partial charge on any atom is 0.222 e. The summed E-state index contributed by atoms with van der Waals surface area (Å²) in [5, 5.41) is 12.5. The molecule has 0 bridgehead atoms. The molecule has 0 aliphatic carbocycles. The number of hydrogen-bond acceptors (Lipinski definition) is 4. The highest BCUT2D eigenvalue weighted by molar-refractivity contribution is 5.89. The van der Waals surface area contributed by atoms with Gasteiger partial charge in [0.15, 0.2) is 0 Å². The van der Waals surface area contributed by atoms with Crippen molar-refractivity contribution >= 4 is 23.8 Å². The van der Waals surface area contributed by atoms with Crippen LogP contribution in [0.5, 0.6) is 0 Å². The van der Waals surface area contributed by atoms with Gasteiger partial charge in [-0.2, -0.15) is 0 Å². The fraction of sp³-hybridized carbons (Fsp3) is 0.222. The summed E-state index contributed by atoms with van der Waals surface area (Å²) in [5.41, 5.74) is 0.682. The zero-order valence-corrected chi connectivity index (χ0v) is 8.09. The fourth-order valence-corrected chi connectivity index (χ4v) is 1.04. The van der Waals surface area contributed by atoms with E-state index in [1.807, 2.05) is 0 Å². The number of rotatable bonds is 3. The molecule has 0 aliphatic heterocycles. The molecule has 14 heavy (non-hydrogen) atoms. The number of amides is 1. The van der Waals surface area contributed by atoms with Crippen molar-refractivity contribution in [2.75, 3.05) is 17.7 Å². The molecule has 5 heteroatoms. The van der Waals surface area contributed by atoms with E-state index < -0.39 is 0 Å². The van der Waals surface area contributed by atoms with Crippen molar-refractivity contribution in [2.24, 2.45) is 0 Å². The smallest absolute Gasteiger partial charge is 0.222 e. The average molecular weight is 192 g/mol. The third kappa shape index (κ3) is 2.29. The highest BCUT2D eigenvalue weighted by Gasteiger charge is 2.02. The van der Waals surface area contributed by atoms with E-state index in [4.69, 9.17) is 5.41 Å². The molecule has 0 aromatic carbocycles. The molecule has 5 nitrogen and oxygen atoms in total. The van der Waals surface area contributed by atoms with E-state index in [9.17, 15) is 4.79 Å². The second-order valence-corrected chi connectivity index (χ2v) is 2.71. The first-order chi connectivity index (χ1) is 6.67. The van der Waals surface area contributed by atoms with Crippen LogP contribution in [-0.2, 0) is 4.79 Å². The Bertz CT molecular complexity index is 362. The molecule has 0 atom stereocenters. The third-order valence-corrected chi connectivity index (χ3v) is 1.62. The van der Waals surface area contributed by atoms with Gasteiger partial charge in [-0.15, -0.1) is 0 Å². The van der Waals surface area contributed by atoms with Crippen LogP contribution in [0.15, 0.2) is 12.1 Å². The molecule has 0 aliphatic rings. The van der Waals surface area contributed by atoms with Gasteiger partial charge in [0.05, 0.1) is 0 Å². The Hall–Kier alpha value is -1.91. The van der Waals surface area contributed by atoms with E-state index in [0.29, 0.717) is 17.2 Å². The molecule has 0 unspecified atom stereocenters. The lowest BCUT2D eigenvalue weighted by atomic mass is 10.2. The number of nitrogens with zero attached hydrogens (tertiary/aromatic N) is 1. The number of pyridine rings is 1. The van der Waals surface area contributed by atoms with Crippen molar-refractivity contribution in [3.05, 3.63) is 17.7 Å². The van der Waals surface area contributed by atoms with Gasteiger partial charge in [-0.25, -0.2) is 4.98 Å². The van der Waals surface area contributed by atoms with Gasteiger partial charge in [-0.05, 0) is 12.1 Å².